The Labute approximate surface area is 295 Å². The van der Waals surface area contributed by atoms with Gasteiger partial charge in [-0.25, -0.2) is 0 Å². The lowest BCUT2D eigenvalue weighted by atomic mass is 10.2. The smallest absolute Gasteiger partial charge is 0.128 e. The molecule has 0 saturated heterocycles. The molecule has 0 fully saturated rings. The van der Waals surface area contributed by atoms with Crippen molar-refractivity contribution in [3.8, 4) is 0 Å². The van der Waals surface area contributed by atoms with E-state index >= 15 is 0 Å². The Kier molecular flexibility index (Phi) is 16.8. The van der Waals surface area contributed by atoms with E-state index in [0.29, 0.717) is 61.9 Å². The fourth-order valence-electron chi connectivity index (χ4n) is 5.42. The molecule has 272 valence electrons. The summed E-state index contributed by atoms with van der Waals surface area (Å²) < 4.78 is 0. The molecule has 0 aliphatic carbocycles. The van der Waals surface area contributed by atoms with E-state index in [4.69, 9.17) is 22.9 Å². The highest BCUT2D eigenvalue weighted by Crippen LogP contribution is 2.22. The minimum Gasteiger partial charge on any atom is -0.399 e. The number of aliphatic hydroxyl groups excluding tert-OH is 5. The van der Waals surface area contributed by atoms with Gasteiger partial charge < -0.3 is 68.1 Å². The van der Waals surface area contributed by atoms with E-state index in [9.17, 15) is 25.5 Å². The Hall–Kier alpha value is -4.92. The second-order valence-corrected chi connectivity index (χ2v) is 11.7. The summed E-state index contributed by atoms with van der Waals surface area (Å²) in [6.07, 6.45) is -0.338. The number of hydrogen-bond acceptors (Lipinski definition) is 13. The Morgan fingerprint density at radius 2 is 0.660 bits per heavy atom. The van der Waals surface area contributed by atoms with E-state index in [0.717, 1.165) is 35.8 Å². The first-order valence-corrected chi connectivity index (χ1v) is 16.7. The van der Waals surface area contributed by atoms with Crippen LogP contribution < -0.4 is 42.5 Å². The third-order valence-corrected chi connectivity index (χ3v) is 8.11. The Morgan fingerprint density at radius 1 is 0.380 bits per heavy atom. The van der Waals surface area contributed by atoms with E-state index < -0.39 is 6.23 Å². The Balaban J connectivity index is 0.000000271. The number of nitrogens with zero attached hydrogens (tertiary/aromatic N) is 4. The molecule has 13 heteroatoms. The lowest BCUT2D eigenvalue weighted by molar-refractivity contribution is 0.151. The normalized spacial score (nSPS) is 11.3. The highest BCUT2D eigenvalue weighted by molar-refractivity contribution is 5.56. The van der Waals surface area contributed by atoms with Crippen molar-refractivity contribution >= 4 is 45.5 Å². The van der Waals surface area contributed by atoms with Gasteiger partial charge in [0.15, 0.2) is 0 Å². The quantitative estimate of drug-likeness (QED) is 0.0509. The maximum Gasteiger partial charge on any atom is 0.128 e. The third-order valence-electron chi connectivity index (χ3n) is 8.11. The summed E-state index contributed by atoms with van der Waals surface area (Å²) in [5.41, 5.74) is 29.4. The fourth-order valence-corrected chi connectivity index (χ4v) is 5.42. The van der Waals surface area contributed by atoms with Crippen LogP contribution in [0.15, 0.2) is 97.1 Å². The predicted molar refractivity (Wildman–Crippen MR) is 206 cm³/mol. The number of rotatable bonds is 19. The Morgan fingerprint density at radius 3 is 0.960 bits per heavy atom. The monoisotopic (exact) mass is 690 g/mol. The predicted octanol–water partition coefficient (Wildman–Crippen LogP) is 2.01. The van der Waals surface area contributed by atoms with Crippen LogP contribution in [0.1, 0.15) is 6.42 Å². The van der Waals surface area contributed by atoms with Crippen LogP contribution in [0.4, 0.5) is 45.5 Å². The molecule has 0 aliphatic heterocycles. The molecule has 0 saturated carbocycles. The average molecular weight is 691 g/mol. The molecule has 4 aromatic carbocycles. The third kappa shape index (κ3) is 12.8. The standard InChI is InChI=1S/C19H28N4O3.C18H26N4O2/c20-15-1-5-17(6-2-15)22(11-13-24)10-9-19(26)23(12-14-25)18-7-3-16(21)4-8-18;19-15-1-5-17(6-2-15)21(11-13-23)9-10-22(12-14-24)18-7-3-16(20)4-8-18/h1-8,19,24-26H,9-14,20-21H2;1-8,23-24H,9-14,19-20H2. The number of anilines is 8. The van der Waals surface area contributed by atoms with Crippen LogP contribution in [0, 0.1) is 0 Å². The fraction of sp³-hybridized carbons (Fsp3) is 0.351. The zero-order chi connectivity index (χ0) is 36.3. The molecule has 0 amide bonds. The van der Waals surface area contributed by atoms with Crippen molar-refractivity contribution in [3.05, 3.63) is 97.1 Å². The summed E-state index contributed by atoms with van der Waals surface area (Å²) in [7, 11) is 0. The average Bonchev–Trinajstić information content (AvgIpc) is 3.12. The largest absolute Gasteiger partial charge is 0.399 e. The van der Waals surface area contributed by atoms with Crippen LogP contribution >= 0.6 is 0 Å². The van der Waals surface area contributed by atoms with Gasteiger partial charge in [0.1, 0.15) is 6.23 Å². The second kappa shape index (κ2) is 21.2. The molecule has 4 rings (SSSR count). The van der Waals surface area contributed by atoms with E-state index in [-0.39, 0.29) is 26.4 Å². The second-order valence-electron chi connectivity index (χ2n) is 11.7. The highest BCUT2D eigenvalue weighted by atomic mass is 16.3. The molecule has 0 spiro atoms. The van der Waals surface area contributed by atoms with Gasteiger partial charge in [0.05, 0.1) is 26.4 Å². The first-order valence-electron chi connectivity index (χ1n) is 16.7. The first kappa shape index (κ1) is 39.5. The van der Waals surface area contributed by atoms with E-state index in [1.807, 2.05) is 89.8 Å². The molecule has 50 heavy (non-hydrogen) atoms. The van der Waals surface area contributed by atoms with Gasteiger partial charge in [-0.05, 0) is 97.1 Å². The van der Waals surface area contributed by atoms with Gasteiger partial charge in [0.25, 0.3) is 0 Å². The summed E-state index contributed by atoms with van der Waals surface area (Å²) in [4.78, 5) is 7.92. The molecular weight excluding hydrogens is 636 g/mol. The minimum atomic E-state index is -0.777. The van der Waals surface area contributed by atoms with Crippen LogP contribution in [0.5, 0.6) is 0 Å². The number of benzene rings is 4. The highest BCUT2D eigenvalue weighted by Gasteiger charge is 2.18. The molecule has 1 atom stereocenters. The van der Waals surface area contributed by atoms with Gasteiger partial charge in [-0.2, -0.15) is 0 Å². The lowest BCUT2D eigenvalue weighted by Gasteiger charge is -2.32. The van der Waals surface area contributed by atoms with Gasteiger partial charge in [0, 0.05) is 97.7 Å². The molecule has 0 aromatic heterocycles. The lowest BCUT2D eigenvalue weighted by Crippen LogP contribution is -2.40. The van der Waals surface area contributed by atoms with Gasteiger partial charge in [0.2, 0.25) is 0 Å². The maximum atomic E-state index is 10.6. The molecule has 0 radical (unpaired) electrons. The first-order chi connectivity index (χ1) is 24.2. The summed E-state index contributed by atoms with van der Waals surface area (Å²) >= 11 is 0. The molecular formula is C37H54N8O5. The molecule has 13 nitrogen and oxygen atoms in total. The molecule has 4 aromatic rings. The van der Waals surface area contributed by atoms with Crippen molar-refractivity contribution < 1.29 is 25.5 Å². The van der Waals surface area contributed by atoms with Crippen LogP contribution in [0.25, 0.3) is 0 Å². The minimum absolute atomic E-state index is 0.0127. The van der Waals surface area contributed by atoms with Crippen LogP contribution in [0.2, 0.25) is 0 Å². The van der Waals surface area contributed by atoms with Crippen molar-refractivity contribution in [3.63, 3.8) is 0 Å². The van der Waals surface area contributed by atoms with Gasteiger partial charge in [-0.3, -0.25) is 0 Å². The summed E-state index contributed by atoms with van der Waals surface area (Å²) in [6, 6.07) is 29.8. The van der Waals surface area contributed by atoms with Crippen LogP contribution in [-0.2, 0) is 0 Å². The molecule has 1 unspecified atom stereocenters. The van der Waals surface area contributed by atoms with E-state index in [1.54, 1.807) is 17.0 Å². The molecule has 0 aliphatic rings. The number of hydrogen-bond donors (Lipinski definition) is 9. The van der Waals surface area contributed by atoms with Crippen LogP contribution in [-0.4, -0.2) is 104 Å². The number of nitrogen functional groups attached to an aromatic ring is 4. The van der Waals surface area contributed by atoms with Gasteiger partial charge in [-0.15, -0.1) is 0 Å². The molecule has 13 N–H and O–H groups in total. The van der Waals surface area contributed by atoms with Crippen molar-refractivity contribution in [1.82, 2.24) is 0 Å². The van der Waals surface area contributed by atoms with Gasteiger partial charge in [-0.1, -0.05) is 0 Å². The van der Waals surface area contributed by atoms with Gasteiger partial charge >= 0.3 is 0 Å². The zero-order valence-electron chi connectivity index (χ0n) is 28.6. The summed E-state index contributed by atoms with van der Waals surface area (Å²) in [6.45, 7) is 3.92. The topological polar surface area (TPSA) is 218 Å². The SMILES string of the molecule is Nc1ccc(N(CCO)CCC(O)N(CCO)c2ccc(N)cc2)cc1.Nc1ccc(N(CCO)CCN(CCO)c2ccc(N)cc2)cc1. The molecule has 0 bridgehead atoms. The maximum absolute atomic E-state index is 10.6. The number of nitrogens with two attached hydrogens (primary N) is 4. The van der Waals surface area contributed by atoms with Crippen LogP contribution in [0.3, 0.4) is 0 Å². The van der Waals surface area contributed by atoms with E-state index in [1.165, 1.54) is 0 Å². The number of aliphatic hydroxyl groups is 5. The summed E-state index contributed by atoms with van der Waals surface area (Å²) in [5, 5.41) is 48.0. The van der Waals surface area contributed by atoms with Crippen molar-refractivity contribution in [1.29, 1.82) is 0 Å². The van der Waals surface area contributed by atoms with E-state index in [2.05, 4.69) is 9.80 Å². The Bertz CT molecular complexity index is 1420. The van der Waals surface area contributed by atoms with Crippen molar-refractivity contribution in [2.45, 2.75) is 12.6 Å². The van der Waals surface area contributed by atoms with Crippen molar-refractivity contribution in [2.75, 3.05) is 115 Å². The zero-order valence-corrected chi connectivity index (χ0v) is 28.6. The molecule has 0 heterocycles. The summed E-state index contributed by atoms with van der Waals surface area (Å²) in [5.74, 6) is 0. The van der Waals surface area contributed by atoms with Crippen molar-refractivity contribution in [2.24, 2.45) is 0 Å².